The topological polar surface area (TPSA) is 46.5 Å². The van der Waals surface area contributed by atoms with Crippen molar-refractivity contribution in [2.45, 2.75) is 26.2 Å². The van der Waals surface area contributed by atoms with Crippen molar-refractivity contribution in [3.05, 3.63) is 64.2 Å². The second-order valence-corrected chi connectivity index (χ2v) is 5.70. The molecule has 0 saturated carbocycles. The molecule has 2 rings (SSSR count). The van der Waals surface area contributed by atoms with Crippen LogP contribution in [-0.2, 0) is 4.79 Å². The van der Waals surface area contributed by atoms with Gasteiger partial charge < -0.3 is 9.84 Å². The van der Waals surface area contributed by atoms with Crippen LogP contribution in [0.25, 0.3) is 0 Å². The highest BCUT2D eigenvalue weighted by atomic mass is 35.5. The van der Waals surface area contributed by atoms with E-state index in [4.69, 9.17) is 16.3 Å². The Morgan fingerprint density at radius 2 is 1.91 bits per heavy atom. The molecule has 0 aliphatic carbocycles. The lowest BCUT2D eigenvalue weighted by Crippen LogP contribution is -2.15. The lowest BCUT2D eigenvalue weighted by Gasteiger charge is -2.15. The zero-order valence-corrected chi connectivity index (χ0v) is 13.4. The van der Waals surface area contributed by atoms with Gasteiger partial charge in [0.05, 0.1) is 12.5 Å². The van der Waals surface area contributed by atoms with Crippen molar-refractivity contribution in [1.29, 1.82) is 0 Å². The maximum absolute atomic E-state index is 11.5. The molecule has 0 saturated heterocycles. The first-order valence-electron chi connectivity index (χ1n) is 7.16. The van der Waals surface area contributed by atoms with Crippen molar-refractivity contribution < 1.29 is 14.6 Å². The number of rotatable bonds is 6. The fourth-order valence-electron chi connectivity index (χ4n) is 2.27. The van der Waals surface area contributed by atoms with Gasteiger partial charge in [-0.25, -0.2) is 0 Å². The van der Waals surface area contributed by atoms with Gasteiger partial charge in [-0.3, -0.25) is 4.79 Å². The molecule has 116 valence electrons. The van der Waals surface area contributed by atoms with E-state index in [0.29, 0.717) is 23.6 Å². The van der Waals surface area contributed by atoms with E-state index in [1.807, 2.05) is 32.0 Å². The molecule has 0 aliphatic heterocycles. The number of benzene rings is 2. The molecule has 0 aromatic heterocycles. The summed E-state index contributed by atoms with van der Waals surface area (Å²) in [4.78, 5) is 11.5. The number of carboxylic acid groups (broad SMARTS) is 1. The first-order valence-corrected chi connectivity index (χ1v) is 7.54. The zero-order chi connectivity index (χ0) is 16.1. The molecule has 0 heterocycles. The molecule has 0 aliphatic rings. The molecular weight excluding hydrogens is 300 g/mol. The monoisotopic (exact) mass is 318 g/mol. The van der Waals surface area contributed by atoms with Gasteiger partial charge in [0, 0.05) is 5.02 Å². The molecule has 0 amide bonds. The van der Waals surface area contributed by atoms with Gasteiger partial charge in [-0.1, -0.05) is 35.9 Å². The Kier molecular flexibility index (Phi) is 5.45. The van der Waals surface area contributed by atoms with Crippen LogP contribution in [-0.4, -0.2) is 17.7 Å². The second kappa shape index (κ2) is 7.32. The average molecular weight is 319 g/mol. The van der Waals surface area contributed by atoms with Crippen molar-refractivity contribution in [3.63, 3.8) is 0 Å². The van der Waals surface area contributed by atoms with E-state index in [9.17, 15) is 9.90 Å². The molecule has 0 spiro atoms. The lowest BCUT2D eigenvalue weighted by atomic mass is 9.96. The number of aryl methyl sites for hydroxylation is 2. The van der Waals surface area contributed by atoms with E-state index >= 15 is 0 Å². The molecule has 3 nitrogen and oxygen atoms in total. The van der Waals surface area contributed by atoms with Gasteiger partial charge in [-0.15, -0.1) is 0 Å². The summed E-state index contributed by atoms with van der Waals surface area (Å²) >= 11 is 6.09. The van der Waals surface area contributed by atoms with Gasteiger partial charge in [0.25, 0.3) is 0 Å². The highest BCUT2D eigenvalue weighted by Gasteiger charge is 2.22. The van der Waals surface area contributed by atoms with E-state index < -0.39 is 11.9 Å². The van der Waals surface area contributed by atoms with Crippen LogP contribution in [0.5, 0.6) is 5.75 Å². The SMILES string of the molecule is Cc1ccc(OCCC(C(=O)O)c2ccccc2Cl)cc1C. The summed E-state index contributed by atoms with van der Waals surface area (Å²) in [5.74, 6) is -0.802. The number of aliphatic carboxylic acids is 1. The highest BCUT2D eigenvalue weighted by Crippen LogP contribution is 2.27. The van der Waals surface area contributed by atoms with Crippen LogP contribution in [0.1, 0.15) is 29.0 Å². The number of halogens is 1. The maximum Gasteiger partial charge on any atom is 0.311 e. The Labute approximate surface area is 135 Å². The number of hydrogen-bond donors (Lipinski definition) is 1. The molecule has 2 aromatic carbocycles. The van der Waals surface area contributed by atoms with Crippen LogP contribution >= 0.6 is 11.6 Å². The zero-order valence-electron chi connectivity index (χ0n) is 12.7. The Morgan fingerprint density at radius 1 is 1.18 bits per heavy atom. The molecule has 1 unspecified atom stereocenters. The van der Waals surface area contributed by atoms with Crippen molar-refractivity contribution >= 4 is 17.6 Å². The minimum atomic E-state index is -0.892. The summed E-state index contributed by atoms with van der Waals surface area (Å²) in [6.07, 6.45) is 0.367. The molecule has 22 heavy (non-hydrogen) atoms. The van der Waals surface area contributed by atoms with Crippen LogP contribution < -0.4 is 4.74 Å². The third kappa shape index (κ3) is 4.01. The Morgan fingerprint density at radius 3 is 2.55 bits per heavy atom. The minimum absolute atomic E-state index is 0.324. The first-order chi connectivity index (χ1) is 10.5. The largest absolute Gasteiger partial charge is 0.494 e. The first kappa shape index (κ1) is 16.4. The van der Waals surface area contributed by atoms with Crippen LogP contribution in [0.4, 0.5) is 0 Å². The van der Waals surface area contributed by atoms with E-state index in [-0.39, 0.29) is 0 Å². The van der Waals surface area contributed by atoms with Gasteiger partial charge >= 0.3 is 5.97 Å². The van der Waals surface area contributed by atoms with E-state index in [2.05, 4.69) is 0 Å². The summed E-state index contributed by atoms with van der Waals surface area (Å²) in [5, 5.41) is 9.89. The smallest absolute Gasteiger partial charge is 0.311 e. The fourth-order valence-corrected chi connectivity index (χ4v) is 2.54. The highest BCUT2D eigenvalue weighted by molar-refractivity contribution is 6.31. The van der Waals surface area contributed by atoms with Gasteiger partial charge in [0.1, 0.15) is 5.75 Å². The summed E-state index contributed by atoms with van der Waals surface area (Å²) in [5.41, 5.74) is 2.98. The quantitative estimate of drug-likeness (QED) is 0.847. The van der Waals surface area contributed by atoms with Crippen LogP contribution in [0.3, 0.4) is 0 Å². The fraction of sp³-hybridized carbons (Fsp3) is 0.278. The lowest BCUT2D eigenvalue weighted by molar-refractivity contribution is -0.139. The molecule has 4 heteroatoms. The number of carbonyl (C=O) groups is 1. The number of ether oxygens (including phenoxy) is 1. The molecule has 1 N–H and O–H groups in total. The van der Waals surface area contributed by atoms with Crippen molar-refractivity contribution in [1.82, 2.24) is 0 Å². The molecular formula is C18H19ClO3. The molecule has 0 fully saturated rings. The normalized spacial score (nSPS) is 12.0. The average Bonchev–Trinajstić information content (AvgIpc) is 2.48. The minimum Gasteiger partial charge on any atom is -0.494 e. The molecule has 2 aromatic rings. The molecule has 0 bridgehead atoms. The summed E-state index contributed by atoms with van der Waals surface area (Å²) < 4.78 is 5.68. The third-order valence-electron chi connectivity index (χ3n) is 3.73. The van der Waals surface area contributed by atoms with Gasteiger partial charge in [0.2, 0.25) is 0 Å². The van der Waals surface area contributed by atoms with E-state index in [0.717, 1.165) is 11.3 Å². The maximum atomic E-state index is 11.5. The van der Waals surface area contributed by atoms with E-state index in [1.54, 1.807) is 24.3 Å². The van der Waals surface area contributed by atoms with Crippen molar-refractivity contribution in [2.24, 2.45) is 0 Å². The van der Waals surface area contributed by atoms with Gasteiger partial charge in [-0.05, 0) is 55.2 Å². The number of hydrogen-bond acceptors (Lipinski definition) is 2. The van der Waals surface area contributed by atoms with Crippen LogP contribution in [0.15, 0.2) is 42.5 Å². The third-order valence-corrected chi connectivity index (χ3v) is 4.08. The predicted octanol–water partition coefficient (Wildman–Crippen LogP) is 4.59. The van der Waals surface area contributed by atoms with Gasteiger partial charge in [-0.2, -0.15) is 0 Å². The second-order valence-electron chi connectivity index (χ2n) is 5.30. The van der Waals surface area contributed by atoms with Crippen LogP contribution in [0, 0.1) is 13.8 Å². The van der Waals surface area contributed by atoms with Crippen molar-refractivity contribution in [2.75, 3.05) is 6.61 Å². The Hall–Kier alpha value is -2.00. The van der Waals surface area contributed by atoms with E-state index in [1.165, 1.54) is 5.56 Å². The Bertz CT molecular complexity index is 667. The summed E-state index contributed by atoms with van der Waals surface area (Å²) in [7, 11) is 0. The van der Waals surface area contributed by atoms with Gasteiger partial charge in [0.15, 0.2) is 0 Å². The van der Waals surface area contributed by atoms with Crippen LogP contribution in [0.2, 0.25) is 5.02 Å². The standard InChI is InChI=1S/C18H19ClO3/c1-12-7-8-14(11-13(12)2)22-10-9-16(18(20)21)15-5-3-4-6-17(15)19/h3-8,11,16H,9-10H2,1-2H3,(H,20,21). The molecule has 0 radical (unpaired) electrons. The summed E-state index contributed by atoms with van der Waals surface area (Å²) in [6.45, 7) is 4.38. The Balaban J connectivity index is 2.02. The molecule has 1 atom stereocenters. The van der Waals surface area contributed by atoms with Crippen molar-refractivity contribution in [3.8, 4) is 5.75 Å². The predicted molar refractivity (Wildman–Crippen MR) is 87.9 cm³/mol. The number of carboxylic acids is 1. The summed E-state index contributed by atoms with van der Waals surface area (Å²) in [6, 6.07) is 12.9.